The number of hydrogen-bond acceptors (Lipinski definition) is 5. The first-order valence-corrected chi connectivity index (χ1v) is 5.03. The van der Waals surface area contributed by atoms with Gasteiger partial charge in [0.2, 0.25) is 0 Å². The third-order valence-corrected chi connectivity index (χ3v) is 2.16. The lowest BCUT2D eigenvalue weighted by Gasteiger charge is -2.19. The highest BCUT2D eigenvalue weighted by molar-refractivity contribution is 5.96. The third kappa shape index (κ3) is 5.17. The zero-order valence-corrected chi connectivity index (χ0v) is 9.86. The Bertz CT molecular complexity index is 427. The molecule has 0 saturated heterocycles. The molecule has 2 unspecified atom stereocenters. The van der Waals surface area contributed by atoms with E-state index in [-0.39, 0.29) is 0 Å². The van der Waals surface area contributed by atoms with Gasteiger partial charge in [-0.15, -0.1) is 0 Å². The van der Waals surface area contributed by atoms with E-state index in [1.54, 1.807) is 0 Å². The van der Waals surface area contributed by atoms with Gasteiger partial charge >= 0.3 is 23.9 Å². The molecule has 2 atom stereocenters. The molecule has 0 radical (unpaired) electrons. The van der Waals surface area contributed by atoms with Crippen LogP contribution in [0, 0.1) is 0 Å². The molecule has 0 aromatic rings. The van der Waals surface area contributed by atoms with Gasteiger partial charge in [-0.2, -0.15) is 0 Å². The van der Waals surface area contributed by atoms with E-state index in [1.165, 1.54) is 6.92 Å². The summed E-state index contributed by atoms with van der Waals surface area (Å²) in [7, 11) is 0. The van der Waals surface area contributed by atoms with Gasteiger partial charge in [-0.05, 0) is 6.92 Å². The normalized spacial score (nSPS) is 14.5. The second-order valence-corrected chi connectivity index (χ2v) is 3.48. The van der Waals surface area contributed by atoms with Gasteiger partial charge in [0.1, 0.15) is 12.1 Å². The zero-order chi connectivity index (χ0) is 15.2. The molecule has 0 bridgehead atoms. The maximum absolute atomic E-state index is 10.9. The SMILES string of the molecule is CC=C(C(=O)O)C(NC(CC(=O)O)C(=O)O)C(=O)O. The maximum Gasteiger partial charge on any atom is 0.333 e. The van der Waals surface area contributed by atoms with Crippen LogP contribution in [-0.2, 0) is 19.2 Å². The molecule has 9 nitrogen and oxygen atoms in total. The highest BCUT2D eigenvalue weighted by Gasteiger charge is 2.32. The number of nitrogens with one attached hydrogen (secondary N) is 1. The van der Waals surface area contributed by atoms with Gasteiger partial charge in [-0.25, -0.2) is 4.79 Å². The van der Waals surface area contributed by atoms with Crippen molar-refractivity contribution in [2.75, 3.05) is 0 Å². The maximum atomic E-state index is 10.9. The molecule has 0 fully saturated rings. The minimum atomic E-state index is -1.82. The van der Waals surface area contributed by atoms with Crippen LogP contribution < -0.4 is 5.32 Å². The first kappa shape index (κ1) is 16.6. The topological polar surface area (TPSA) is 161 Å². The Hall–Kier alpha value is -2.42. The molecule has 0 saturated carbocycles. The molecule has 5 N–H and O–H groups in total. The Balaban J connectivity index is 5.21. The first-order chi connectivity index (χ1) is 8.70. The van der Waals surface area contributed by atoms with Crippen LogP contribution in [0.25, 0.3) is 0 Å². The van der Waals surface area contributed by atoms with Crippen LogP contribution in [0.2, 0.25) is 0 Å². The summed E-state index contributed by atoms with van der Waals surface area (Å²) in [6, 6.07) is -3.53. The van der Waals surface area contributed by atoms with Gasteiger partial charge in [0.25, 0.3) is 0 Å². The largest absolute Gasteiger partial charge is 0.481 e. The van der Waals surface area contributed by atoms with Crippen molar-refractivity contribution in [1.82, 2.24) is 5.32 Å². The number of rotatable bonds is 8. The molecule has 0 aliphatic heterocycles. The fourth-order valence-corrected chi connectivity index (χ4v) is 1.30. The van der Waals surface area contributed by atoms with Gasteiger partial charge in [0.15, 0.2) is 0 Å². The standard InChI is InChI=1S/C10H13NO8/c1-2-4(8(14)15)7(10(18)19)11-5(9(16)17)3-6(12)13/h2,5,7,11H,3H2,1H3,(H,12,13)(H,14,15)(H,16,17)(H,18,19). The number of hydrogen-bond donors (Lipinski definition) is 5. The molecular formula is C10H13NO8. The van der Waals surface area contributed by atoms with Crippen molar-refractivity contribution < 1.29 is 39.6 Å². The summed E-state index contributed by atoms with van der Waals surface area (Å²) >= 11 is 0. The van der Waals surface area contributed by atoms with Crippen LogP contribution in [0.1, 0.15) is 13.3 Å². The molecule has 0 aromatic heterocycles. The molecule has 0 aromatic carbocycles. The molecule has 0 spiro atoms. The lowest BCUT2D eigenvalue weighted by Crippen LogP contribution is -2.50. The van der Waals surface area contributed by atoms with Crippen molar-refractivity contribution in [2.24, 2.45) is 0 Å². The van der Waals surface area contributed by atoms with Crippen LogP contribution in [0.5, 0.6) is 0 Å². The highest BCUT2D eigenvalue weighted by Crippen LogP contribution is 2.07. The van der Waals surface area contributed by atoms with E-state index in [2.05, 4.69) is 0 Å². The fourth-order valence-electron chi connectivity index (χ4n) is 1.30. The van der Waals surface area contributed by atoms with Crippen LogP contribution in [0.15, 0.2) is 11.6 Å². The average molecular weight is 275 g/mol. The molecule has 9 heteroatoms. The monoisotopic (exact) mass is 275 g/mol. The minimum absolute atomic E-state index is 0.580. The Morgan fingerprint density at radius 1 is 1.05 bits per heavy atom. The summed E-state index contributed by atoms with van der Waals surface area (Å²) in [6.07, 6.45) is 0.115. The highest BCUT2D eigenvalue weighted by atomic mass is 16.4. The van der Waals surface area contributed by atoms with Crippen molar-refractivity contribution in [3.63, 3.8) is 0 Å². The molecule has 106 valence electrons. The van der Waals surface area contributed by atoms with E-state index in [0.717, 1.165) is 6.08 Å². The average Bonchev–Trinajstić information content (AvgIpc) is 2.25. The predicted octanol–water partition coefficient (Wildman–Crippen LogP) is -1.01. The lowest BCUT2D eigenvalue weighted by molar-refractivity contribution is -0.148. The summed E-state index contributed by atoms with van der Waals surface area (Å²) in [4.78, 5) is 43.0. The van der Waals surface area contributed by atoms with Crippen molar-refractivity contribution in [2.45, 2.75) is 25.4 Å². The van der Waals surface area contributed by atoms with Gasteiger partial charge in [-0.1, -0.05) is 6.08 Å². The quantitative estimate of drug-likeness (QED) is 0.349. The number of allylic oxidation sites excluding steroid dienone is 1. The number of carboxylic acid groups (broad SMARTS) is 4. The van der Waals surface area contributed by atoms with Crippen molar-refractivity contribution >= 4 is 23.9 Å². The molecule has 0 heterocycles. The van der Waals surface area contributed by atoms with Gasteiger partial charge < -0.3 is 20.4 Å². The zero-order valence-electron chi connectivity index (χ0n) is 9.86. The number of carboxylic acids is 4. The van der Waals surface area contributed by atoms with Gasteiger partial charge in [-0.3, -0.25) is 19.7 Å². The van der Waals surface area contributed by atoms with E-state index in [1.807, 2.05) is 5.32 Å². The third-order valence-electron chi connectivity index (χ3n) is 2.16. The molecule has 19 heavy (non-hydrogen) atoms. The molecule has 0 amide bonds. The Morgan fingerprint density at radius 3 is 1.84 bits per heavy atom. The second kappa shape index (κ2) is 7.11. The summed E-state index contributed by atoms with van der Waals surface area (Å²) < 4.78 is 0. The van der Waals surface area contributed by atoms with E-state index in [9.17, 15) is 19.2 Å². The Kier molecular flexibility index (Phi) is 6.21. The van der Waals surface area contributed by atoms with Gasteiger partial charge in [0.05, 0.1) is 12.0 Å². The number of aliphatic carboxylic acids is 4. The van der Waals surface area contributed by atoms with Crippen LogP contribution in [0.3, 0.4) is 0 Å². The van der Waals surface area contributed by atoms with Crippen molar-refractivity contribution in [3.8, 4) is 0 Å². The molecule has 0 aliphatic carbocycles. The first-order valence-electron chi connectivity index (χ1n) is 5.03. The van der Waals surface area contributed by atoms with Crippen LogP contribution in [-0.4, -0.2) is 56.4 Å². The van der Waals surface area contributed by atoms with Crippen molar-refractivity contribution in [1.29, 1.82) is 0 Å². The van der Waals surface area contributed by atoms with E-state index >= 15 is 0 Å². The smallest absolute Gasteiger partial charge is 0.333 e. The van der Waals surface area contributed by atoms with Gasteiger partial charge in [0, 0.05) is 0 Å². The van der Waals surface area contributed by atoms with E-state index < -0.39 is 48.0 Å². The second-order valence-electron chi connectivity index (χ2n) is 3.48. The van der Waals surface area contributed by atoms with Crippen molar-refractivity contribution in [3.05, 3.63) is 11.6 Å². The number of carbonyl (C=O) groups is 4. The van der Waals surface area contributed by atoms with E-state index in [0.29, 0.717) is 0 Å². The summed E-state index contributed by atoms with van der Waals surface area (Å²) in [5, 5.41) is 36.9. The summed E-state index contributed by atoms with van der Waals surface area (Å²) in [6.45, 7) is 1.27. The molecular weight excluding hydrogens is 262 g/mol. The lowest BCUT2D eigenvalue weighted by atomic mass is 10.0. The van der Waals surface area contributed by atoms with Crippen LogP contribution >= 0.6 is 0 Å². The predicted molar refractivity (Wildman–Crippen MR) is 59.6 cm³/mol. The minimum Gasteiger partial charge on any atom is -0.481 e. The van der Waals surface area contributed by atoms with E-state index in [4.69, 9.17) is 20.4 Å². The summed E-state index contributed by atoms with van der Waals surface area (Å²) in [5.74, 6) is -6.20. The molecule has 0 aliphatic rings. The van der Waals surface area contributed by atoms with Crippen LogP contribution in [0.4, 0.5) is 0 Å². The Morgan fingerprint density at radius 2 is 1.58 bits per heavy atom. The Labute approximate surface area is 107 Å². The fraction of sp³-hybridized carbons (Fsp3) is 0.400. The molecule has 0 rings (SSSR count). The summed E-state index contributed by atoms with van der Waals surface area (Å²) in [5.41, 5.74) is -0.580.